The van der Waals surface area contributed by atoms with Crippen LogP contribution >= 0.6 is 0 Å². The van der Waals surface area contributed by atoms with E-state index in [1.165, 1.54) is 54.4 Å². The Balaban J connectivity index is 1.71. The molecule has 0 aliphatic rings. The molecule has 0 atom stereocenters. The van der Waals surface area contributed by atoms with Gasteiger partial charge in [-0.15, -0.1) is 0 Å². The lowest BCUT2D eigenvalue weighted by Gasteiger charge is -2.09. The Morgan fingerprint density at radius 2 is 1.17 bits per heavy atom. The van der Waals surface area contributed by atoms with E-state index in [1.54, 1.807) is 0 Å². The maximum Gasteiger partial charge on any atom is 0.0645 e. The van der Waals surface area contributed by atoms with E-state index in [0.29, 0.717) is 0 Å². The minimum Gasteiger partial charge on any atom is -0.309 e. The van der Waals surface area contributed by atoms with Gasteiger partial charge in [-0.1, -0.05) is 72.8 Å². The summed E-state index contributed by atoms with van der Waals surface area (Å²) >= 11 is 0. The van der Waals surface area contributed by atoms with Gasteiger partial charge in [-0.3, -0.25) is 4.98 Å². The third-order valence-electron chi connectivity index (χ3n) is 7.37. The average molecular weight is 460 g/mol. The highest BCUT2D eigenvalue weighted by Gasteiger charge is 2.21. The van der Waals surface area contributed by atoms with Crippen LogP contribution in [0.1, 0.15) is 0 Å². The van der Waals surface area contributed by atoms with E-state index in [1.807, 2.05) is 18.5 Å². The predicted molar refractivity (Wildman–Crippen MR) is 150 cm³/mol. The lowest BCUT2D eigenvalue weighted by molar-refractivity contribution is 1.14. The van der Waals surface area contributed by atoms with Crippen molar-refractivity contribution in [2.24, 2.45) is 0 Å². The highest BCUT2D eigenvalue weighted by molar-refractivity contribution is 6.31. The highest BCUT2D eigenvalue weighted by Crippen LogP contribution is 2.43. The number of rotatable bonds is 2. The average Bonchev–Trinajstić information content (AvgIpc) is 3.47. The lowest BCUT2D eigenvalue weighted by Crippen LogP contribution is -1.95. The van der Waals surface area contributed by atoms with Crippen molar-refractivity contribution >= 4 is 54.4 Å². The number of hydrogen-bond donors (Lipinski definition) is 0. The van der Waals surface area contributed by atoms with Crippen LogP contribution in [0, 0.1) is 0 Å². The van der Waals surface area contributed by atoms with Crippen LogP contribution in [-0.2, 0) is 0 Å². The number of pyridine rings is 1. The molecule has 0 bridgehead atoms. The second-order valence-corrected chi connectivity index (χ2v) is 9.27. The van der Waals surface area contributed by atoms with Gasteiger partial charge in [0.05, 0.1) is 34.0 Å². The van der Waals surface area contributed by atoms with Crippen molar-refractivity contribution < 1.29 is 0 Å². The zero-order chi connectivity index (χ0) is 23.6. The summed E-state index contributed by atoms with van der Waals surface area (Å²) in [4.78, 5) is 4.47. The van der Waals surface area contributed by atoms with Gasteiger partial charge in [-0.05, 0) is 53.2 Å². The van der Waals surface area contributed by atoms with Gasteiger partial charge in [0.25, 0.3) is 0 Å². The Hall–Kier alpha value is -4.89. The fourth-order valence-corrected chi connectivity index (χ4v) is 5.93. The maximum absolute atomic E-state index is 4.47. The van der Waals surface area contributed by atoms with Gasteiger partial charge in [0, 0.05) is 33.4 Å². The Bertz CT molecular complexity index is 2080. The van der Waals surface area contributed by atoms with Crippen LogP contribution in [-0.4, -0.2) is 14.1 Å². The van der Waals surface area contributed by atoms with E-state index in [2.05, 4.69) is 123 Å². The third-order valence-corrected chi connectivity index (χ3v) is 7.37. The van der Waals surface area contributed by atoms with Gasteiger partial charge in [-0.25, -0.2) is 0 Å². The van der Waals surface area contributed by atoms with Crippen LogP contribution in [0.25, 0.3) is 65.8 Å². The highest BCUT2D eigenvalue weighted by atomic mass is 15.0. The topological polar surface area (TPSA) is 22.8 Å². The molecule has 168 valence electrons. The van der Waals surface area contributed by atoms with Crippen molar-refractivity contribution in [2.45, 2.75) is 0 Å². The summed E-state index contributed by atoms with van der Waals surface area (Å²) in [5.41, 5.74) is 7.05. The van der Waals surface area contributed by atoms with Crippen molar-refractivity contribution in [1.82, 2.24) is 14.1 Å². The van der Waals surface area contributed by atoms with Crippen molar-refractivity contribution in [3.63, 3.8) is 0 Å². The SMILES string of the molecule is c1ccc(-n2c3ccc4ccccc4c3c3c2ccc2c4ccccc4n(-c4cccnc4)c23)cc1. The molecule has 3 nitrogen and oxygen atoms in total. The summed E-state index contributed by atoms with van der Waals surface area (Å²) in [6.07, 6.45) is 3.79. The van der Waals surface area contributed by atoms with Gasteiger partial charge in [0.2, 0.25) is 0 Å². The normalized spacial score (nSPS) is 11.9. The molecule has 0 N–H and O–H groups in total. The fourth-order valence-electron chi connectivity index (χ4n) is 5.93. The lowest BCUT2D eigenvalue weighted by atomic mass is 10.0. The van der Waals surface area contributed by atoms with Crippen LogP contribution in [0.4, 0.5) is 0 Å². The first-order valence-electron chi connectivity index (χ1n) is 12.2. The molecule has 5 aromatic carbocycles. The molecular formula is C33H21N3. The van der Waals surface area contributed by atoms with Gasteiger partial charge >= 0.3 is 0 Å². The zero-order valence-electron chi connectivity index (χ0n) is 19.5. The first-order valence-corrected chi connectivity index (χ1v) is 12.2. The number of hydrogen-bond acceptors (Lipinski definition) is 1. The van der Waals surface area contributed by atoms with Gasteiger partial charge in [-0.2, -0.15) is 0 Å². The summed E-state index contributed by atoms with van der Waals surface area (Å²) in [5, 5.41) is 7.57. The molecule has 0 aliphatic carbocycles. The molecule has 0 unspecified atom stereocenters. The molecular weight excluding hydrogens is 438 g/mol. The van der Waals surface area contributed by atoms with Crippen molar-refractivity contribution in [3.05, 3.63) is 128 Å². The summed E-state index contributed by atoms with van der Waals surface area (Å²) < 4.78 is 4.79. The molecule has 0 saturated heterocycles. The molecule has 0 fully saturated rings. The number of para-hydroxylation sites is 2. The summed E-state index contributed by atoms with van der Waals surface area (Å²) in [6, 6.07) is 41.3. The number of nitrogens with zero attached hydrogens (tertiary/aromatic N) is 3. The summed E-state index contributed by atoms with van der Waals surface area (Å²) in [6.45, 7) is 0. The minimum atomic E-state index is 1.07. The van der Waals surface area contributed by atoms with Crippen LogP contribution in [0.3, 0.4) is 0 Å². The zero-order valence-corrected chi connectivity index (χ0v) is 19.5. The molecule has 8 aromatic rings. The van der Waals surface area contributed by atoms with Gasteiger partial charge in [0.1, 0.15) is 0 Å². The largest absolute Gasteiger partial charge is 0.309 e. The Morgan fingerprint density at radius 3 is 2.03 bits per heavy atom. The van der Waals surface area contributed by atoms with Crippen molar-refractivity contribution in [3.8, 4) is 11.4 Å². The van der Waals surface area contributed by atoms with E-state index in [4.69, 9.17) is 0 Å². The first-order chi connectivity index (χ1) is 17.9. The Kier molecular flexibility index (Phi) is 3.94. The number of benzene rings is 5. The second-order valence-electron chi connectivity index (χ2n) is 9.27. The van der Waals surface area contributed by atoms with Crippen LogP contribution in [0.2, 0.25) is 0 Å². The molecule has 0 amide bonds. The molecule has 3 heteroatoms. The first kappa shape index (κ1) is 19.4. The standard InChI is InChI=1S/C33H21N3/c1-2-10-23(11-3-1)35-29-18-16-22-9-4-5-13-25(22)31(29)32-30(35)19-17-27-26-14-6-7-15-28(26)36(33(27)32)24-12-8-20-34-21-24/h1-21H. The molecule has 0 radical (unpaired) electrons. The van der Waals surface area contributed by atoms with Crippen molar-refractivity contribution in [1.29, 1.82) is 0 Å². The summed E-state index contributed by atoms with van der Waals surface area (Å²) in [7, 11) is 0. The third kappa shape index (κ3) is 2.54. The molecule has 0 aliphatic heterocycles. The molecule has 0 spiro atoms. The van der Waals surface area contributed by atoms with Crippen LogP contribution in [0.15, 0.2) is 128 Å². The maximum atomic E-state index is 4.47. The molecule has 36 heavy (non-hydrogen) atoms. The predicted octanol–water partition coefficient (Wildman–Crippen LogP) is 8.43. The Morgan fingerprint density at radius 1 is 0.444 bits per heavy atom. The molecule has 0 saturated carbocycles. The van der Waals surface area contributed by atoms with E-state index in [9.17, 15) is 0 Å². The van der Waals surface area contributed by atoms with E-state index in [0.717, 1.165) is 11.4 Å². The van der Waals surface area contributed by atoms with Gasteiger partial charge < -0.3 is 9.13 Å². The monoisotopic (exact) mass is 459 g/mol. The number of aromatic nitrogens is 3. The second kappa shape index (κ2) is 7.30. The van der Waals surface area contributed by atoms with Crippen LogP contribution < -0.4 is 0 Å². The minimum absolute atomic E-state index is 1.07. The smallest absolute Gasteiger partial charge is 0.0645 e. The quantitative estimate of drug-likeness (QED) is 0.254. The number of fused-ring (bicyclic) bond motifs is 9. The molecule has 3 heterocycles. The van der Waals surface area contributed by atoms with Gasteiger partial charge in [0.15, 0.2) is 0 Å². The fraction of sp³-hybridized carbons (Fsp3) is 0. The van der Waals surface area contributed by atoms with Crippen LogP contribution in [0.5, 0.6) is 0 Å². The molecule has 3 aromatic heterocycles. The van der Waals surface area contributed by atoms with E-state index >= 15 is 0 Å². The Labute approximate surface area is 207 Å². The van der Waals surface area contributed by atoms with E-state index in [-0.39, 0.29) is 0 Å². The molecule has 8 rings (SSSR count). The summed E-state index contributed by atoms with van der Waals surface area (Å²) in [5.74, 6) is 0. The van der Waals surface area contributed by atoms with E-state index < -0.39 is 0 Å². The van der Waals surface area contributed by atoms with Crippen molar-refractivity contribution in [2.75, 3.05) is 0 Å².